The molecule has 0 spiro atoms. The lowest BCUT2D eigenvalue weighted by atomic mass is 9.87. The van der Waals surface area contributed by atoms with E-state index in [1.807, 2.05) is 18.3 Å². The minimum atomic E-state index is -0.472. The minimum Gasteiger partial charge on any atom is -0.339 e. The molecule has 3 heterocycles. The first kappa shape index (κ1) is 21.1. The fourth-order valence-corrected chi connectivity index (χ4v) is 3.98. The molecule has 0 aliphatic carbocycles. The molecule has 0 unspecified atom stereocenters. The van der Waals surface area contributed by atoms with Crippen LogP contribution in [0, 0.1) is 5.82 Å². The summed E-state index contributed by atoms with van der Waals surface area (Å²) >= 11 is 0. The lowest BCUT2D eigenvalue weighted by molar-refractivity contribution is 0.0707. The molecule has 0 atom stereocenters. The topological polar surface area (TPSA) is 59.0 Å². The van der Waals surface area contributed by atoms with Crippen molar-refractivity contribution in [3.63, 3.8) is 0 Å². The molecule has 1 aliphatic heterocycles. The number of rotatable bonds is 3. The third-order valence-electron chi connectivity index (χ3n) is 5.75. The highest BCUT2D eigenvalue weighted by Crippen LogP contribution is 2.35. The van der Waals surface area contributed by atoms with E-state index in [4.69, 9.17) is 4.98 Å². The molecule has 0 bridgehead atoms. The molecule has 1 aromatic carbocycles. The van der Waals surface area contributed by atoms with Crippen molar-refractivity contribution in [2.24, 2.45) is 0 Å². The summed E-state index contributed by atoms with van der Waals surface area (Å²) in [5, 5.41) is 0. The largest absolute Gasteiger partial charge is 0.339 e. The molecular formula is C25H27FN4O. The predicted molar refractivity (Wildman–Crippen MR) is 118 cm³/mol. The van der Waals surface area contributed by atoms with Crippen LogP contribution in [-0.4, -0.2) is 38.8 Å². The summed E-state index contributed by atoms with van der Waals surface area (Å²) in [6.07, 6.45) is 7.01. The lowest BCUT2D eigenvalue weighted by Gasteiger charge is -2.33. The summed E-state index contributed by atoms with van der Waals surface area (Å²) in [4.78, 5) is 28.3. The number of nitrogens with zero attached hydrogens (tertiary/aromatic N) is 4. The Kier molecular flexibility index (Phi) is 5.81. The summed E-state index contributed by atoms with van der Waals surface area (Å²) < 4.78 is 14.1. The molecule has 1 aliphatic rings. The fourth-order valence-electron chi connectivity index (χ4n) is 3.98. The second kappa shape index (κ2) is 8.53. The highest BCUT2D eigenvalue weighted by atomic mass is 19.1. The van der Waals surface area contributed by atoms with Gasteiger partial charge in [0.25, 0.3) is 5.91 Å². The van der Waals surface area contributed by atoms with Gasteiger partial charge in [0.05, 0.1) is 11.3 Å². The van der Waals surface area contributed by atoms with Crippen molar-refractivity contribution in [3.05, 3.63) is 77.9 Å². The summed E-state index contributed by atoms with van der Waals surface area (Å²) in [7, 11) is 0. The van der Waals surface area contributed by atoms with Crippen LogP contribution in [0.3, 0.4) is 0 Å². The molecule has 0 N–H and O–H groups in total. The molecule has 1 fully saturated rings. The molecule has 2 aromatic heterocycles. The van der Waals surface area contributed by atoms with Gasteiger partial charge in [-0.15, -0.1) is 0 Å². The van der Waals surface area contributed by atoms with E-state index in [-0.39, 0.29) is 22.8 Å². The van der Waals surface area contributed by atoms with Gasteiger partial charge in [0, 0.05) is 48.6 Å². The Hall–Kier alpha value is -3.15. The monoisotopic (exact) mass is 418 g/mol. The molecule has 31 heavy (non-hydrogen) atoms. The van der Waals surface area contributed by atoms with Gasteiger partial charge in [-0.1, -0.05) is 32.9 Å². The number of amides is 1. The SMILES string of the molecule is CC(C)(C)c1ncc(-c2ccncc2)c(C2CCN(C(=O)c3ccccc3F)CC2)n1. The van der Waals surface area contributed by atoms with Gasteiger partial charge >= 0.3 is 0 Å². The number of carbonyl (C=O) groups excluding carboxylic acids is 1. The van der Waals surface area contributed by atoms with Crippen LogP contribution < -0.4 is 0 Å². The van der Waals surface area contributed by atoms with Gasteiger partial charge in [0.1, 0.15) is 11.6 Å². The Morgan fingerprint density at radius 2 is 1.74 bits per heavy atom. The van der Waals surface area contributed by atoms with E-state index in [0.29, 0.717) is 13.1 Å². The van der Waals surface area contributed by atoms with Gasteiger partial charge in [-0.25, -0.2) is 14.4 Å². The van der Waals surface area contributed by atoms with Crippen LogP contribution in [0.15, 0.2) is 55.0 Å². The molecule has 1 saturated heterocycles. The molecule has 160 valence electrons. The van der Waals surface area contributed by atoms with Crippen LogP contribution in [0.2, 0.25) is 0 Å². The Labute approximate surface area is 182 Å². The Morgan fingerprint density at radius 1 is 1.06 bits per heavy atom. The number of pyridine rings is 1. The van der Waals surface area contributed by atoms with Crippen molar-refractivity contribution in [1.29, 1.82) is 0 Å². The van der Waals surface area contributed by atoms with Gasteiger partial charge in [0.15, 0.2) is 0 Å². The highest BCUT2D eigenvalue weighted by molar-refractivity contribution is 5.94. The highest BCUT2D eigenvalue weighted by Gasteiger charge is 2.29. The number of aromatic nitrogens is 3. The Bertz CT molecular complexity index is 1070. The van der Waals surface area contributed by atoms with E-state index in [9.17, 15) is 9.18 Å². The maximum absolute atomic E-state index is 14.1. The van der Waals surface area contributed by atoms with E-state index < -0.39 is 5.82 Å². The zero-order valence-electron chi connectivity index (χ0n) is 18.2. The molecule has 3 aromatic rings. The van der Waals surface area contributed by atoms with Crippen LogP contribution in [0.4, 0.5) is 4.39 Å². The first-order valence-electron chi connectivity index (χ1n) is 10.7. The molecule has 5 nitrogen and oxygen atoms in total. The lowest BCUT2D eigenvalue weighted by Crippen LogP contribution is -2.38. The summed E-state index contributed by atoms with van der Waals surface area (Å²) in [6, 6.07) is 10.1. The van der Waals surface area contributed by atoms with E-state index in [1.54, 1.807) is 35.5 Å². The van der Waals surface area contributed by atoms with Crippen LogP contribution >= 0.6 is 0 Å². The van der Waals surface area contributed by atoms with Gasteiger partial charge < -0.3 is 4.90 Å². The molecule has 0 saturated carbocycles. The van der Waals surface area contributed by atoms with Crippen molar-refractivity contribution < 1.29 is 9.18 Å². The van der Waals surface area contributed by atoms with Crippen molar-refractivity contribution >= 4 is 5.91 Å². The van der Waals surface area contributed by atoms with E-state index in [1.165, 1.54) is 6.07 Å². The van der Waals surface area contributed by atoms with E-state index in [0.717, 1.165) is 35.5 Å². The smallest absolute Gasteiger partial charge is 0.256 e. The van der Waals surface area contributed by atoms with Crippen molar-refractivity contribution in [3.8, 4) is 11.1 Å². The Morgan fingerprint density at radius 3 is 2.39 bits per heavy atom. The molecule has 4 rings (SSSR count). The van der Waals surface area contributed by atoms with Crippen molar-refractivity contribution in [2.45, 2.75) is 44.9 Å². The van der Waals surface area contributed by atoms with Gasteiger partial charge in [-0.05, 0) is 42.7 Å². The molecule has 6 heteroatoms. The standard InChI is InChI=1S/C25H27FN4O/c1-25(2,3)24-28-16-20(17-8-12-27-13-9-17)22(29-24)18-10-14-30(15-11-18)23(31)19-6-4-5-7-21(19)26/h4-9,12-13,16,18H,10-11,14-15H2,1-3H3. The van der Waals surface area contributed by atoms with Crippen LogP contribution in [-0.2, 0) is 5.41 Å². The molecule has 0 radical (unpaired) electrons. The zero-order chi connectivity index (χ0) is 22.0. The second-order valence-corrected chi connectivity index (χ2v) is 9.02. The fraction of sp³-hybridized carbons (Fsp3) is 0.360. The number of carbonyl (C=O) groups is 1. The minimum absolute atomic E-state index is 0.135. The summed E-state index contributed by atoms with van der Waals surface area (Å²) in [6.45, 7) is 7.46. The normalized spacial score (nSPS) is 15.2. The van der Waals surface area contributed by atoms with Gasteiger partial charge in [-0.2, -0.15) is 0 Å². The first-order valence-corrected chi connectivity index (χ1v) is 10.7. The van der Waals surface area contributed by atoms with E-state index in [2.05, 4.69) is 30.7 Å². The van der Waals surface area contributed by atoms with Crippen molar-refractivity contribution in [2.75, 3.05) is 13.1 Å². The number of likely N-dealkylation sites (tertiary alicyclic amines) is 1. The average Bonchev–Trinajstić information content (AvgIpc) is 2.79. The quantitative estimate of drug-likeness (QED) is 0.601. The second-order valence-electron chi connectivity index (χ2n) is 9.02. The number of hydrogen-bond donors (Lipinski definition) is 0. The van der Waals surface area contributed by atoms with Crippen LogP contribution in [0.25, 0.3) is 11.1 Å². The Balaban J connectivity index is 1.60. The average molecular weight is 419 g/mol. The summed E-state index contributed by atoms with van der Waals surface area (Å²) in [5.41, 5.74) is 3.04. The number of hydrogen-bond acceptors (Lipinski definition) is 4. The molecule has 1 amide bonds. The maximum Gasteiger partial charge on any atom is 0.256 e. The van der Waals surface area contributed by atoms with Gasteiger partial charge in [-0.3, -0.25) is 9.78 Å². The number of halogens is 1. The van der Waals surface area contributed by atoms with Crippen LogP contribution in [0.1, 0.15) is 61.4 Å². The van der Waals surface area contributed by atoms with Crippen LogP contribution in [0.5, 0.6) is 0 Å². The van der Waals surface area contributed by atoms with Crippen molar-refractivity contribution in [1.82, 2.24) is 19.9 Å². The third-order valence-corrected chi connectivity index (χ3v) is 5.75. The molecular weight excluding hydrogens is 391 g/mol. The van der Waals surface area contributed by atoms with E-state index >= 15 is 0 Å². The zero-order valence-corrected chi connectivity index (χ0v) is 18.2. The maximum atomic E-state index is 14.1. The predicted octanol–water partition coefficient (Wildman–Crippen LogP) is 5.00. The van der Waals surface area contributed by atoms with Gasteiger partial charge in [0.2, 0.25) is 0 Å². The third kappa shape index (κ3) is 4.48. The summed E-state index contributed by atoms with van der Waals surface area (Å²) in [5.74, 6) is 0.297. The number of benzene rings is 1. The number of piperidine rings is 1. The first-order chi connectivity index (χ1) is 14.8.